The third-order valence-electron chi connectivity index (χ3n) is 5.60. The molecule has 0 spiro atoms. The van der Waals surface area contributed by atoms with Gasteiger partial charge in [-0.15, -0.1) is 0 Å². The van der Waals surface area contributed by atoms with Gasteiger partial charge in [-0.1, -0.05) is 0 Å². The molecule has 1 fully saturated rings. The van der Waals surface area contributed by atoms with Gasteiger partial charge in [0.1, 0.15) is 5.82 Å². The van der Waals surface area contributed by atoms with Crippen LogP contribution in [0.5, 0.6) is 0 Å². The standard InChI is InChI=1S/C19H30N4O2.C2H4O2/c1-12-14-5-3-4-6-16(14)23-18(22-12)9-10-21-19(24)13-7-8-15(20)17(11-13)25-2;1-2(3)4/h13,15,17H,3-11,20H2,1-2H3,(H,21,24);1H3,(H,3,4)/t13-,15+,17+;/m0./s1. The van der Waals surface area contributed by atoms with Crippen molar-refractivity contribution in [2.45, 2.75) is 77.4 Å². The van der Waals surface area contributed by atoms with Crippen LogP contribution in [-0.4, -0.2) is 52.8 Å². The Kier molecular flexibility index (Phi) is 8.98. The second kappa shape index (κ2) is 11.2. The Bertz CT molecular complexity index is 706. The van der Waals surface area contributed by atoms with E-state index in [-0.39, 0.29) is 24.0 Å². The first-order valence-corrected chi connectivity index (χ1v) is 10.4. The molecule has 0 radical (unpaired) electrons. The molecule has 1 amide bonds. The van der Waals surface area contributed by atoms with Gasteiger partial charge in [-0.25, -0.2) is 9.97 Å². The molecule has 2 aliphatic rings. The summed E-state index contributed by atoms with van der Waals surface area (Å²) in [5.74, 6) is 0.110. The monoisotopic (exact) mass is 406 g/mol. The van der Waals surface area contributed by atoms with Crippen molar-refractivity contribution >= 4 is 11.9 Å². The van der Waals surface area contributed by atoms with Gasteiger partial charge in [0.25, 0.3) is 5.97 Å². The lowest BCUT2D eigenvalue weighted by atomic mass is 9.83. The number of fused-ring (bicyclic) bond motifs is 1. The van der Waals surface area contributed by atoms with Crippen molar-refractivity contribution in [3.8, 4) is 0 Å². The third kappa shape index (κ3) is 7.04. The second-order valence-corrected chi connectivity index (χ2v) is 7.87. The summed E-state index contributed by atoms with van der Waals surface area (Å²) in [7, 11) is 1.67. The van der Waals surface area contributed by atoms with Crippen LogP contribution in [0.1, 0.15) is 61.8 Å². The number of nitrogens with one attached hydrogen (secondary N) is 1. The van der Waals surface area contributed by atoms with E-state index in [1.807, 2.05) is 0 Å². The van der Waals surface area contributed by atoms with E-state index in [9.17, 15) is 4.79 Å². The largest absolute Gasteiger partial charge is 0.481 e. The highest BCUT2D eigenvalue weighted by molar-refractivity contribution is 5.78. The third-order valence-corrected chi connectivity index (χ3v) is 5.60. The molecule has 3 rings (SSSR count). The first-order valence-electron chi connectivity index (χ1n) is 10.4. The van der Waals surface area contributed by atoms with E-state index >= 15 is 0 Å². The summed E-state index contributed by atoms with van der Waals surface area (Å²) >= 11 is 0. The predicted molar refractivity (Wildman–Crippen MR) is 110 cm³/mol. The molecule has 162 valence electrons. The van der Waals surface area contributed by atoms with Gasteiger partial charge < -0.3 is 20.9 Å². The Morgan fingerprint density at radius 1 is 1.24 bits per heavy atom. The van der Waals surface area contributed by atoms with Gasteiger partial charge >= 0.3 is 0 Å². The number of carboxylic acids is 1. The average molecular weight is 407 g/mol. The number of aliphatic carboxylic acids is 1. The van der Waals surface area contributed by atoms with Crippen molar-refractivity contribution in [2.24, 2.45) is 11.7 Å². The Hall–Kier alpha value is -2.06. The van der Waals surface area contributed by atoms with E-state index in [4.69, 9.17) is 25.4 Å². The van der Waals surface area contributed by atoms with Crippen molar-refractivity contribution in [3.05, 3.63) is 22.8 Å². The van der Waals surface area contributed by atoms with Crippen LogP contribution in [-0.2, 0) is 33.6 Å². The highest BCUT2D eigenvalue weighted by atomic mass is 16.5. The minimum absolute atomic E-state index is 0.00376. The molecule has 2 aliphatic carbocycles. The molecule has 1 aromatic rings. The summed E-state index contributed by atoms with van der Waals surface area (Å²) < 4.78 is 5.40. The zero-order valence-electron chi connectivity index (χ0n) is 17.7. The number of hydrogen-bond acceptors (Lipinski definition) is 6. The van der Waals surface area contributed by atoms with Crippen LogP contribution in [0.3, 0.4) is 0 Å². The smallest absolute Gasteiger partial charge is 0.300 e. The van der Waals surface area contributed by atoms with Gasteiger partial charge in [-0.05, 0) is 57.4 Å². The molecule has 8 nitrogen and oxygen atoms in total. The fraction of sp³-hybridized carbons (Fsp3) is 0.714. The molecule has 8 heteroatoms. The zero-order chi connectivity index (χ0) is 21.4. The Morgan fingerprint density at radius 2 is 1.93 bits per heavy atom. The van der Waals surface area contributed by atoms with E-state index in [0.29, 0.717) is 19.4 Å². The topological polar surface area (TPSA) is 127 Å². The van der Waals surface area contributed by atoms with Crippen LogP contribution in [0, 0.1) is 12.8 Å². The molecule has 0 unspecified atom stereocenters. The summed E-state index contributed by atoms with van der Waals surface area (Å²) in [5.41, 5.74) is 9.68. The number of nitrogens with two attached hydrogens (primary N) is 1. The van der Waals surface area contributed by atoms with Crippen LogP contribution >= 0.6 is 0 Å². The number of amides is 1. The quantitative estimate of drug-likeness (QED) is 0.677. The van der Waals surface area contributed by atoms with E-state index in [0.717, 1.165) is 44.1 Å². The SMILES string of the molecule is CC(=O)O.CO[C@@H]1C[C@@H](C(=O)NCCc2nc(C)c3c(n2)CCCC3)CC[C@H]1N. The van der Waals surface area contributed by atoms with E-state index < -0.39 is 5.97 Å². The van der Waals surface area contributed by atoms with Gasteiger partial charge in [0.15, 0.2) is 0 Å². The van der Waals surface area contributed by atoms with Gasteiger partial charge in [-0.3, -0.25) is 9.59 Å². The van der Waals surface area contributed by atoms with Crippen LogP contribution in [0.25, 0.3) is 0 Å². The summed E-state index contributed by atoms with van der Waals surface area (Å²) in [6, 6.07) is 0.0425. The van der Waals surface area contributed by atoms with Gasteiger partial charge in [-0.2, -0.15) is 0 Å². The van der Waals surface area contributed by atoms with Gasteiger partial charge in [0.2, 0.25) is 5.91 Å². The number of carboxylic acid groups (broad SMARTS) is 1. The summed E-state index contributed by atoms with van der Waals surface area (Å²) in [6.07, 6.45) is 7.64. The molecular weight excluding hydrogens is 372 g/mol. The number of carbonyl (C=O) groups excluding carboxylic acids is 1. The Balaban J connectivity index is 0.000000687. The number of carbonyl (C=O) groups is 2. The molecule has 1 aromatic heterocycles. The molecule has 1 saturated carbocycles. The van der Waals surface area contributed by atoms with Crippen LogP contribution in [0.4, 0.5) is 0 Å². The van der Waals surface area contributed by atoms with E-state index in [2.05, 4.69) is 17.2 Å². The number of methoxy groups -OCH3 is 1. The number of aryl methyl sites for hydroxylation is 2. The number of aromatic nitrogens is 2. The molecule has 1 heterocycles. The van der Waals surface area contributed by atoms with Crippen molar-refractivity contribution < 1.29 is 19.4 Å². The van der Waals surface area contributed by atoms with Crippen LogP contribution in [0.2, 0.25) is 0 Å². The Morgan fingerprint density at radius 3 is 2.62 bits per heavy atom. The van der Waals surface area contributed by atoms with E-state index in [1.54, 1.807) is 7.11 Å². The molecule has 4 N–H and O–H groups in total. The van der Waals surface area contributed by atoms with Gasteiger partial charge in [0.05, 0.1) is 6.10 Å². The van der Waals surface area contributed by atoms with Crippen molar-refractivity contribution in [1.29, 1.82) is 0 Å². The van der Waals surface area contributed by atoms with Crippen LogP contribution in [0.15, 0.2) is 0 Å². The number of nitrogens with zero attached hydrogens (tertiary/aromatic N) is 2. The number of hydrogen-bond donors (Lipinski definition) is 3. The van der Waals surface area contributed by atoms with Crippen LogP contribution < -0.4 is 11.1 Å². The average Bonchev–Trinajstić information content (AvgIpc) is 2.68. The van der Waals surface area contributed by atoms with Crippen molar-refractivity contribution in [2.75, 3.05) is 13.7 Å². The van der Waals surface area contributed by atoms with Gasteiger partial charge in [0, 0.05) is 50.3 Å². The van der Waals surface area contributed by atoms with Crippen molar-refractivity contribution in [3.63, 3.8) is 0 Å². The summed E-state index contributed by atoms with van der Waals surface area (Å²) in [4.78, 5) is 30.8. The lowest BCUT2D eigenvalue weighted by Crippen LogP contribution is -2.45. The maximum absolute atomic E-state index is 12.4. The molecule has 0 bridgehead atoms. The first-order chi connectivity index (χ1) is 13.8. The zero-order valence-corrected chi connectivity index (χ0v) is 17.7. The molecule has 0 saturated heterocycles. The summed E-state index contributed by atoms with van der Waals surface area (Å²) in [5, 5.41) is 10.5. The lowest BCUT2D eigenvalue weighted by molar-refractivity contribution is -0.134. The molecule has 3 atom stereocenters. The highest BCUT2D eigenvalue weighted by Crippen LogP contribution is 2.25. The molecule has 29 heavy (non-hydrogen) atoms. The maximum Gasteiger partial charge on any atom is 0.300 e. The Labute approximate surface area is 172 Å². The summed E-state index contributed by atoms with van der Waals surface area (Å²) in [6.45, 7) is 3.74. The minimum atomic E-state index is -0.833. The minimum Gasteiger partial charge on any atom is -0.481 e. The lowest BCUT2D eigenvalue weighted by Gasteiger charge is -2.32. The second-order valence-electron chi connectivity index (χ2n) is 7.87. The normalized spacial score (nSPS) is 23.4. The fourth-order valence-electron chi connectivity index (χ4n) is 4.06. The predicted octanol–water partition coefficient (Wildman–Crippen LogP) is 1.56. The molecule has 0 aliphatic heterocycles. The maximum atomic E-state index is 12.4. The number of rotatable bonds is 5. The first kappa shape index (κ1) is 23.2. The fourth-order valence-corrected chi connectivity index (χ4v) is 4.06. The van der Waals surface area contributed by atoms with E-state index in [1.165, 1.54) is 24.1 Å². The van der Waals surface area contributed by atoms with Crippen molar-refractivity contribution in [1.82, 2.24) is 15.3 Å². The molecule has 0 aromatic carbocycles. The number of ether oxygens (including phenoxy) is 1. The molecular formula is C21H34N4O4. The highest BCUT2D eigenvalue weighted by Gasteiger charge is 2.31.